The lowest BCUT2D eigenvalue weighted by molar-refractivity contribution is -0.143. The Morgan fingerprint density at radius 1 is 0.308 bits per heavy atom. The van der Waals surface area contributed by atoms with Gasteiger partial charge in [-0.05, 0) is 57.8 Å². The van der Waals surface area contributed by atoms with Crippen molar-refractivity contribution in [3.05, 3.63) is 24.3 Å². The van der Waals surface area contributed by atoms with Gasteiger partial charge in [-0.15, -0.1) is 0 Å². The molecule has 0 saturated heterocycles. The van der Waals surface area contributed by atoms with E-state index >= 15 is 0 Å². The Hall–Kier alpha value is -1.66. The number of esters is 1. The number of hydrogen-bond donors (Lipinski definition) is 3. The molecule has 0 saturated carbocycles. The first kappa shape index (κ1) is 89.3. The summed E-state index contributed by atoms with van der Waals surface area (Å²) in [6.07, 6.45) is 104. The predicted octanol–water partition coefficient (Wildman–Crippen LogP) is 28.0. The van der Waals surface area contributed by atoms with Crippen molar-refractivity contribution < 1.29 is 24.5 Å². The summed E-state index contributed by atoms with van der Waals surface area (Å²) in [5.41, 5.74) is 0. The normalized spacial score (nSPS) is 12.5. The summed E-state index contributed by atoms with van der Waals surface area (Å²) in [6.45, 7) is 4.98. The number of aliphatic hydroxyl groups excluding tert-OH is 2. The molecule has 6 heteroatoms. The fourth-order valence-corrected chi connectivity index (χ4v) is 13.6. The van der Waals surface area contributed by atoms with Crippen LogP contribution in [0, 0.1) is 0 Å². The molecule has 2 unspecified atom stereocenters. The molecular formula is C85H165NO5. The maximum Gasteiger partial charge on any atom is 0.305 e. The molecule has 0 heterocycles. The topological polar surface area (TPSA) is 95.9 Å². The van der Waals surface area contributed by atoms with Gasteiger partial charge in [0.05, 0.1) is 25.4 Å². The second-order valence-corrected chi connectivity index (χ2v) is 29.2. The molecule has 91 heavy (non-hydrogen) atoms. The summed E-state index contributed by atoms with van der Waals surface area (Å²) in [6, 6.07) is -0.539. The maximum absolute atomic E-state index is 12.6. The third kappa shape index (κ3) is 77.2. The molecule has 0 spiro atoms. The fraction of sp³-hybridized carbons (Fsp3) is 0.929. The number of rotatable bonds is 80. The van der Waals surface area contributed by atoms with Gasteiger partial charge in [0.1, 0.15) is 0 Å². The summed E-state index contributed by atoms with van der Waals surface area (Å²) >= 11 is 0. The molecular weight excluding hydrogens is 1110 g/mol. The second-order valence-electron chi connectivity index (χ2n) is 29.2. The van der Waals surface area contributed by atoms with Gasteiger partial charge in [0.2, 0.25) is 5.91 Å². The number of hydrogen-bond acceptors (Lipinski definition) is 5. The average Bonchev–Trinajstić information content (AvgIpc) is 3.75. The van der Waals surface area contributed by atoms with Crippen LogP contribution in [0.1, 0.15) is 483 Å². The SMILES string of the molecule is CCCCC/C=C\C/C=C\CCCCCCCC(=O)OCCCCCCCCCCCCCCCCCCCCCCCCCCCCCCCCCCCCCC(=O)NC(CO)C(O)CCCCCCCCCCCCCCCCCCCCCCCCCC. The zero-order valence-electron chi connectivity index (χ0n) is 62.1. The Kier molecular flexibility index (Phi) is 79.3. The Bertz CT molecular complexity index is 1430. The van der Waals surface area contributed by atoms with Gasteiger partial charge in [0, 0.05) is 12.8 Å². The molecule has 2 atom stereocenters. The maximum atomic E-state index is 12.6. The van der Waals surface area contributed by atoms with E-state index in [2.05, 4.69) is 43.5 Å². The smallest absolute Gasteiger partial charge is 0.305 e. The van der Waals surface area contributed by atoms with Crippen LogP contribution in [-0.2, 0) is 14.3 Å². The molecule has 0 aromatic heterocycles. The Labute approximate surface area is 571 Å². The first-order chi connectivity index (χ1) is 45.0. The highest BCUT2D eigenvalue weighted by Crippen LogP contribution is 2.21. The van der Waals surface area contributed by atoms with E-state index in [0.29, 0.717) is 25.9 Å². The van der Waals surface area contributed by atoms with Gasteiger partial charge in [-0.25, -0.2) is 0 Å². The molecule has 0 aromatic carbocycles. The molecule has 0 radical (unpaired) electrons. The van der Waals surface area contributed by atoms with Gasteiger partial charge in [-0.1, -0.05) is 436 Å². The minimum absolute atomic E-state index is 0.00958. The number of carbonyl (C=O) groups excluding carboxylic acids is 2. The van der Waals surface area contributed by atoms with E-state index < -0.39 is 12.1 Å². The van der Waals surface area contributed by atoms with Crippen molar-refractivity contribution in [1.82, 2.24) is 5.32 Å². The lowest BCUT2D eigenvalue weighted by Crippen LogP contribution is -2.45. The van der Waals surface area contributed by atoms with E-state index in [0.717, 1.165) is 51.4 Å². The predicted molar refractivity (Wildman–Crippen MR) is 403 cm³/mol. The fourth-order valence-electron chi connectivity index (χ4n) is 13.6. The number of allylic oxidation sites excluding steroid dienone is 4. The third-order valence-corrected chi connectivity index (χ3v) is 20.0. The van der Waals surface area contributed by atoms with Crippen LogP contribution in [0.4, 0.5) is 0 Å². The molecule has 0 bridgehead atoms. The summed E-state index contributed by atoms with van der Waals surface area (Å²) in [7, 11) is 0. The van der Waals surface area contributed by atoms with E-state index in [1.165, 1.54) is 398 Å². The number of carbonyl (C=O) groups is 2. The number of aliphatic hydroxyl groups is 2. The summed E-state index contributed by atoms with van der Waals surface area (Å²) in [5.74, 6) is -0.0139. The van der Waals surface area contributed by atoms with Crippen molar-refractivity contribution in [2.24, 2.45) is 0 Å². The highest BCUT2D eigenvalue weighted by Gasteiger charge is 2.20. The van der Waals surface area contributed by atoms with Gasteiger partial charge in [0.25, 0.3) is 0 Å². The second kappa shape index (κ2) is 80.8. The number of unbranched alkanes of at least 4 members (excludes halogenated alkanes) is 65. The molecule has 0 aliphatic carbocycles. The van der Waals surface area contributed by atoms with Crippen LogP contribution in [0.5, 0.6) is 0 Å². The van der Waals surface area contributed by atoms with Crippen LogP contribution in [0.3, 0.4) is 0 Å². The first-order valence-corrected chi connectivity index (χ1v) is 42.1. The van der Waals surface area contributed by atoms with E-state index in [1.54, 1.807) is 0 Å². The van der Waals surface area contributed by atoms with E-state index in [9.17, 15) is 19.8 Å². The monoisotopic (exact) mass is 1280 g/mol. The van der Waals surface area contributed by atoms with Gasteiger partial charge in [0.15, 0.2) is 0 Å². The number of ether oxygens (including phenoxy) is 1. The van der Waals surface area contributed by atoms with Crippen molar-refractivity contribution in [2.75, 3.05) is 13.2 Å². The van der Waals surface area contributed by atoms with Gasteiger partial charge in [-0.2, -0.15) is 0 Å². The molecule has 0 aliphatic rings. The zero-order valence-corrected chi connectivity index (χ0v) is 62.1. The minimum atomic E-state index is -0.662. The van der Waals surface area contributed by atoms with Gasteiger partial charge in [-0.3, -0.25) is 9.59 Å². The standard InChI is InChI=1S/C85H165NO5/c1-3-5-7-9-11-13-15-17-19-20-21-22-23-37-40-43-46-50-53-57-61-65-69-73-77-83(88)82(81-87)86-84(89)78-74-70-66-62-58-54-51-47-44-41-38-35-33-31-29-27-25-24-26-28-30-32-34-36-39-42-45-48-52-56-60-64-68-72-76-80-91-85(90)79-75-71-67-63-59-55-49-18-16-14-12-10-8-6-4-2/h12,14,18,49,82-83,87-88H,3-11,13,15-17,19-48,50-81H2,1-2H3,(H,86,89)/b14-12-,49-18-. The number of amides is 1. The van der Waals surface area contributed by atoms with Crippen LogP contribution in [-0.4, -0.2) is 47.4 Å². The molecule has 0 aromatic rings. The van der Waals surface area contributed by atoms with Crippen LogP contribution in [0.25, 0.3) is 0 Å². The quantitative estimate of drug-likeness (QED) is 0.0320. The molecule has 6 nitrogen and oxygen atoms in total. The van der Waals surface area contributed by atoms with Crippen molar-refractivity contribution in [3.8, 4) is 0 Å². The number of nitrogens with one attached hydrogen (secondary N) is 1. The Morgan fingerprint density at radius 3 is 0.857 bits per heavy atom. The van der Waals surface area contributed by atoms with E-state index in [1.807, 2.05) is 0 Å². The average molecular weight is 1280 g/mol. The first-order valence-electron chi connectivity index (χ1n) is 42.1. The Balaban J connectivity index is 3.32. The van der Waals surface area contributed by atoms with E-state index in [4.69, 9.17) is 4.74 Å². The van der Waals surface area contributed by atoms with Crippen LogP contribution in [0.15, 0.2) is 24.3 Å². The van der Waals surface area contributed by atoms with Crippen molar-refractivity contribution in [3.63, 3.8) is 0 Å². The third-order valence-electron chi connectivity index (χ3n) is 20.0. The lowest BCUT2D eigenvalue weighted by atomic mass is 10.0. The Morgan fingerprint density at radius 2 is 0.549 bits per heavy atom. The summed E-state index contributed by atoms with van der Waals surface area (Å²) in [4.78, 5) is 24.7. The molecule has 540 valence electrons. The van der Waals surface area contributed by atoms with Crippen LogP contribution >= 0.6 is 0 Å². The van der Waals surface area contributed by atoms with Gasteiger partial charge >= 0.3 is 5.97 Å². The highest BCUT2D eigenvalue weighted by molar-refractivity contribution is 5.76. The lowest BCUT2D eigenvalue weighted by Gasteiger charge is -2.22. The minimum Gasteiger partial charge on any atom is -0.466 e. The zero-order chi connectivity index (χ0) is 65.6. The highest BCUT2D eigenvalue weighted by atomic mass is 16.5. The summed E-state index contributed by atoms with van der Waals surface area (Å²) in [5, 5.41) is 23.5. The summed E-state index contributed by atoms with van der Waals surface area (Å²) < 4.78 is 5.50. The molecule has 3 N–H and O–H groups in total. The van der Waals surface area contributed by atoms with E-state index in [-0.39, 0.29) is 18.5 Å². The van der Waals surface area contributed by atoms with Crippen molar-refractivity contribution in [1.29, 1.82) is 0 Å². The van der Waals surface area contributed by atoms with Crippen molar-refractivity contribution in [2.45, 2.75) is 495 Å². The molecule has 0 aliphatic heterocycles. The van der Waals surface area contributed by atoms with Crippen LogP contribution in [0.2, 0.25) is 0 Å². The van der Waals surface area contributed by atoms with Gasteiger partial charge < -0.3 is 20.3 Å². The van der Waals surface area contributed by atoms with Crippen molar-refractivity contribution >= 4 is 11.9 Å². The molecule has 0 rings (SSSR count). The largest absolute Gasteiger partial charge is 0.466 e. The molecule has 0 fully saturated rings. The molecule has 1 amide bonds. The van der Waals surface area contributed by atoms with Crippen LogP contribution < -0.4 is 5.32 Å².